The highest BCUT2D eigenvalue weighted by molar-refractivity contribution is 7.91. The molecule has 3 rings (SSSR count). The zero-order chi connectivity index (χ0) is 15.9. The van der Waals surface area contributed by atoms with Crippen molar-refractivity contribution in [2.75, 3.05) is 23.0 Å². The maximum Gasteiger partial charge on any atom is 0.323 e. The highest BCUT2D eigenvalue weighted by atomic mass is 32.2. The van der Waals surface area contributed by atoms with Gasteiger partial charge in [-0.05, 0) is 35.8 Å². The minimum Gasteiger partial charge on any atom is -0.362 e. The number of hydrogen-bond acceptors (Lipinski definition) is 8. The van der Waals surface area contributed by atoms with Crippen LogP contribution >= 0.6 is 0 Å². The van der Waals surface area contributed by atoms with Gasteiger partial charge in [0.1, 0.15) is 11.2 Å². The van der Waals surface area contributed by atoms with Crippen LogP contribution in [0.15, 0.2) is 16.8 Å². The molecule has 22 heavy (non-hydrogen) atoms. The summed E-state index contributed by atoms with van der Waals surface area (Å²) in [5.41, 5.74) is 0.509. The summed E-state index contributed by atoms with van der Waals surface area (Å²) >= 11 is 0. The summed E-state index contributed by atoms with van der Waals surface area (Å²) in [5.74, 6) is 0.114. The van der Waals surface area contributed by atoms with E-state index >= 15 is 0 Å². The Hall–Kier alpha value is -2.23. The van der Waals surface area contributed by atoms with E-state index in [1.807, 2.05) is 6.92 Å². The Bertz CT molecular complexity index is 831. The molecule has 1 fully saturated rings. The third kappa shape index (κ3) is 2.39. The summed E-state index contributed by atoms with van der Waals surface area (Å²) < 4.78 is 27.9. The summed E-state index contributed by atoms with van der Waals surface area (Å²) in [5, 5.41) is 18.7. The Labute approximate surface area is 125 Å². The van der Waals surface area contributed by atoms with Crippen LogP contribution in [0.2, 0.25) is 0 Å². The van der Waals surface area contributed by atoms with E-state index in [1.165, 1.54) is 0 Å². The van der Waals surface area contributed by atoms with E-state index in [0.717, 1.165) is 0 Å². The van der Waals surface area contributed by atoms with Crippen molar-refractivity contribution in [2.24, 2.45) is 0 Å². The van der Waals surface area contributed by atoms with Gasteiger partial charge in [-0.3, -0.25) is 10.1 Å². The molecule has 118 valence electrons. The van der Waals surface area contributed by atoms with E-state index in [2.05, 4.69) is 14.9 Å². The molecular weight excluding hydrogens is 312 g/mol. The number of hydrogen-bond donors (Lipinski definition) is 0. The van der Waals surface area contributed by atoms with Gasteiger partial charge in [-0.1, -0.05) is 0 Å². The number of benzene rings is 1. The maximum absolute atomic E-state index is 11.7. The number of rotatable bonds is 4. The summed E-state index contributed by atoms with van der Waals surface area (Å²) in [6, 6.07) is 2.88. The standard InChI is InChI=1S/C12H14N4O5S/c1-2-15(8-5-6-22(19,20)7-8)10-4-3-9-11(14-21-13-9)12(10)16(17)18/h3-4,8H,2,5-7H2,1H3. The normalized spacial score (nSPS) is 20.3. The van der Waals surface area contributed by atoms with Crippen LogP contribution in [0.4, 0.5) is 11.4 Å². The highest BCUT2D eigenvalue weighted by Crippen LogP contribution is 2.36. The third-order valence-electron chi connectivity index (χ3n) is 3.86. The molecule has 1 aliphatic rings. The number of sulfone groups is 1. The predicted molar refractivity (Wildman–Crippen MR) is 78.5 cm³/mol. The molecule has 0 N–H and O–H groups in total. The molecule has 10 heteroatoms. The van der Waals surface area contributed by atoms with Crippen LogP contribution in [0.5, 0.6) is 0 Å². The van der Waals surface area contributed by atoms with Crippen LogP contribution in [0.25, 0.3) is 11.0 Å². The van der Waals surface area contributed by atoms with E-state index in [4.69, 9.17) is 0 Å². The van der Waals surface area contributed by atoms with Gasteiger partial charge in [0.05, 0.1) is 16.4 Å². The van der Waals surface area contributed by atoms with Gasteiger partial charge in [0.25, 0.3) is 0 Å². The lowest BCUT2D eigenvalue weighted by Crippen LogP contribution is -2.36. The Balaban J connectivity index is 2.11. The molecule has 0 bridgehead atoms. The number of nitro groups is 1. The molecule has 0 aliphatic carbocycles. The van der Waals surface area contributed by atoms with Crippen molar-refractivity contribution in [3.05, 3.63) is 22.2 Å². The predicted octanol–water partition coefficient (Wildman–Crippen LogP) is 1.14. The van der Waals surface area contributed by atoms with Crippen LogP contribution in [0.1, 0.15) is 13.3 Å². The fraction of sp³-hybridized carbons (Fsp3) is 0.500. The van der Waals surface area contributed by atoms with E-state index in [-0.39, 0.29) is 28.8 Å². The van der Waals surface area contributed by atoms with Gasteiger partial charge in [-0.2, -0.15) is 0 Å². The van der Waals surface area contributed by atoms with E-state index in [0.29, 0.717) is 24.2 Å². The van der Waals surface area contributed by atoms with Gasteiger partial charge in [0.15, 0.2) is 9.84 Å². The molecule has 0 radical (unpaired) electrons. The van der Waals surface area contributed by atoms with Gasteiger partial charge >= 0.3 is 5.69 Å². The molecule has 9 nitrogen and oxygen atoms in total. The minimum atomic E-state index is -3.08. The van der Waals surface area contributed by atoms with Gasteiger partial charge < -0.3 is 4.90 Å². The van der Waals surface area contributed by atoms with Crippen LogP contribution in [-0.2, 0) is 9.84 Å². The van der Waals surface area contributed by atoms with Gasteiger partial charge in [0, 0.05) is 12.6 Å². The Kier molecular flexibility index (Phi) is 3.47. The number of anilines is 1. The van der Waals surface area contributed by atoms with Crippen LogP contribution < -0.4 is 4.90 Å². The van der Waals surface area contributed by atoms with Crippen LogP contribution in [0.3, 0.4) is 0 Å². The topological polar surface area (TPSA) is 119 Å². The summed E-state index contributed by atoms with van der Waals surface area (Å²) in [6.45, 7) is 2.29. The lowest BCUT2D eigenvalue weighted by atomic mass is 10.1. The molecule has 1 aromatic heterocycles. The maximum atomic E-state index is 11.7. The number of nitrogens with zero attached hydrogens (tertiary/aromatic N) is 4. The first-order valence-electron chi connectivity index (χ1n) is 6.79. The first kappa shape index (κ1) is 14.7. The Morgan fingerprint density at radius 2 is 2.23 bits per heavy atom. The van der Waals surface area contributed by atoms with E-state index in [1.54, 1.807) is 17.0 Å². The van der Waals surface area contributed by atoms with E-state index in [9.17, 15) is 18.5 Å². The largest absolute Gasteiger partial charge is 0.362 e. The average molecular weight is 326 g/mol. The first-order valence-corrected chi connectivity index (χ1v) is 8.62. The molecule has 1 aromatic carbocycles. The zero-order valence-corrected chi connectivity index (χ0v) is 12.6. The molecular formula is C12H14N4O5S. The summed E-state index contributed by atoms with van der Waals surface area (Å²) in [6.07, 6.45) is 0.461. The van der Waals surface area contributed by atoms with E-state index < -0.39 is 14.8 Å². The molecule has 1 aliphatic heterocycles. The fourth-order valence-corrected chi connectivity index (χ4v) is 4.62. The van der Waals surface area contributed by atoms with Crippen LogP contribution in [-0.4, -0.2) is 47.7 Å². The average Bonchev–Trinajstić information content (AvgIpc) is 3.05. The van der Waals surface area contributed by atoms with Gasteiger partial charge in [-0.15, -0.1) is 0 Å². The molecule has 0 spiro atoms. The zero-order valence-electron chi connectivity index (χ0n) is 11.8. The lowest BCUT2D eigenvalue weighted by molar-refractivity contribution is -0.382. The van der Waals surface area contributed by atoms with Crippen molar-refractivity contribution in [3.8, 4) is 0 Å². The molecule has 1 unspecified atom stereocenters. The molecule has 1 atom stereocenters. The molecule has 2 heterocycles. The smallest absolute Gasteiger partial charge is 0.323 e. The minimum absolute atomic E-state index is 0.00704. The van der Waals surface area contributed by atoms with Gasteiger partial charge in [-0.25, -0.2) is 13.0 Å². The van der Waals surface area contributed by atoms with Crippen molar-refractivity contribution >= 4 is 32.2 Å². The quantitative estimate of drug-likeness (QED) is 0.606. The number of nitro benzene ring substituents is 1. The van der Waals surface area contributed by atoms with Gasteiger partial charge in [0.2, 0.25) is 5.52 Å². The monoisotopic (exact) mass is 326 g/mol. The summed E-state index contributed by atoms with van der Waals surface area (Å²) in [7, 11) is -3.08. The second-order valence-corrected chi connectivity index (χ2v) is 7.39. The highest BCUT2D eigenvalue weighted by Gasteiger charge is 2.35. The first-order chi connectivity index (χ1) is 10.4. The number of fused-ring (bicyclic) bond motifs is 1. The van der Waals surface area contributed by atoms with Crippen molar-refractivity contribution < 1.29 is 18.0 Å². The Morgan fingerprint density at radius 3 is 2.82 bits per heavy atom. The molecule has 0 amide bonds. The van der Waals surface area contributed by atoms with Crippen molar-refractivity contribution in [1.82, 2.24) is 10.3 Å². The second kappa shape index (κ2) is 5.20. The molecule has 1 saturated heterocycles. The molecule has 0 saturated carbocycles. The fourth-order valence-electron chi connectivity index (χ4n) is 2.89. The Morgan fingerprint density at radius 1 is 1.45 bits per heavy atom. The van der Waals surface area contributed by atoms with Crippen LogP contribution in [0, 0.1) is 10.1 Å². The second-order valence-electron chi connectivity index (χ2n) is 5.17. The van der Waals surface area contributed by atoms with Crippen molar-refractivity contribution in [3.63, 3.8) is 0 Å². The van der Waals surface area contributed by atoms with Crippen molar-refractivity contribution in [2.45, 2.75) is 19.4 Å². The number of aromatic nitrogens is 2. The third-order valence-corrected chi connectivity index (χ3v) is 5.61. The van der Waals surface area contributed by atoms with Crippen molar-refractivity contribution in [1.29, 1.82) is 0 Å². The summed E-state index contributed by atoms with van der Waals surface area (Å²) in [4.78, 5) is 12.7. The lowest BCUT2D eigenvalue weighted by Gasteiger charge is -2.28. The molecule has 2 aromatic rings. The SMILES string of the molecule is CCN(c1ccc2nonc2c1[N+](=O)[O-])C1CCS(=O)(=O)C1.